The van der Waals surface area contributed by atoms with E-state index in [-0.39, 0.29) is 35.7 Å². The number of aliphatic hydroxyl groups excluding tert-OH is 1. The Morgan fingerprint density at radius 2 is 1.79 bits per heavy atom. The number of aliphatic hydroxyl groups is 1. The van der Waals surface area contributed by atoms with Crippen molar-refractivity contribution >= 4 is 5.91 Å². The van der Waals surface area contributed by atoms with E-state index in [2.05, 4.69) is 4.90 Å². The third-order valence-corrected chi connectivity index (χ3v) is 5.94. The predicted octanol–water partition coefficient (Wildman–Crippen LogP) is 1.99. The molecular weight excluding hydrogens is 307 g/mol. The summed E-state index contributed by atoms with van der Waals surface area (Å²) < 4.78 is 13.0. The summed E-state index contributed by atoms with van der Waals surface area (Å²) >= 11 is 0. The number of piperazine rings is 1. The Balaban J connectivity index is 1.30. The lowest BCUT2D eigenvalue weighted by molar-refractivity contribution is -0.135. The minimum absolute atomic E-state index is 0.0686. The second kappa shape index (κ2) is 6.45. The maximum absolute atomic E-state index is 13.0. The van der Waals surface area contributed by atoms with Gasteiger partial charge in [-0.3, -0.25) is 9.69 Å². The van der Waals surface area contributed by atoms with Crippen molar-refractivity contribution in [3.05, 3.63) is 35.6 Å². The van der Waals surface area contributed by atoms with E-state index in [0.29, 0.717) is 0 Å². The van der Waals surface area contributed by atoms with E-state index in [9.17, 15) is 14.3 Å². The Hall–Kier alpha value is -1.46. The Bertz CT molecular complexity index is 598. The first-order chi connectivity index (χ1) is 11.6. The Labute approximate surface area is 142 Å². The first kappa shape index (κ1) is 16.0. The highest BCUT2D eigenvalue weighted by Gasteiger charge is 2.46. The third-order valence-electron chi connectivity index (χ3n) is 5.94. The summed E-state index contributed by atoms with van der Waals surface area (Å²) in [5.74, 6) is 0.343. The largest absolute Gasteiger partial charge is 0.391 e. The molecule has 1 aliphatic heterocycles. The van der Waals surface area contributed by atoms with Crippen LogP contribution in [0.5, 0.6) is 0 Å². The van der Waals surface area contributed by atoms with Crippen molar-refractivity contribution in [3.8, 4) is 0 Å². The van der Waals surface area contributed by atoms with Crippen LogP contribution in [0.25, 0.3) is 0 Å². The minimum atomic E-state index is -0.229. The van der Waals surface area contributed by atoms with E-state index in [1.807, 2.05) is 4.90 Å². The zero-order chi connectivity index (χ0) is 16.7. The van der Waals surface area contributed by atoms with Crippen molar-refractivity contribution in [1.29, 1.82) is 0 Å². The fraction of sp³-hybridized carbons (Fsp3) is 0.632. The Morgan fingerprint density at radius 3 is 2.42 bits per heavy atom. The molecule has 0 bridgehead atoms. The van der Waals surface area contributed by atoms with Crippen LogP contribution in [0.3, 0.4) is 0 Å². The molecule has 4 nitrogen and oxygen atoms in total. The minimum Gasteiger partial charge on any atom is -0.391 e. The molecule has 0 spiro atoms. The molecule has 1 N–H and O–H groups in total. The van der Waals surface area contributed by atoms with Gasteiger partial charge in [-0.15, -0.1) is 0 Å². The van der Waals surface area contributed by atoms with Crippen molar-refractivity contribution in [3.63, 3.8) is 0 Å². The fourth-order valence-electron chi connectivity index (χ4n) is 4.40. The molecule has 4 atom stereocenters. The molecule has 2 saturated carbocycles. The van der Waals surface area contributed by atoms with Crippen LogP contribution in [-0.2, 0) is 4.79 Å². The molecule has 1 saturated heterocycles. The average molecular weight is 332 g/mol. The zero-order valence-electron chi connectivity index (χ0n) is 13.9. The van der Waals surface area contributed by atoms with Gasteiger partial charge in [-0.1, -0.05) is 12.1 Å². The standard InChI is InChI=1S/C19H25FN2O2/c20-14-6-4-13(5-7-14)15-12-16(15)19(24)22-10-8-21(9-11-22)17-2-1-3-18(17)23/h4-7,15-18,23H,1-3,8-12H2/t15-,16-,17-,18+/m1/s1. The first-order valence-electron chi connectivity index (χ1n) is 9.10. The number of nitrogens with zero attached hydrogens (tertiary/aromatic N) is 2. The third kappa shape index (κ3) is 3.07. The van der Waals surface area contributed by atoms with Gasteiger partial charge in [0.1, 0.15) is 5.82 Å². The fourth-order valence-corrected chi connectivity index (χ4v) is 4.40. The van der Waals surface area contributed by atoms with Crippen LogP contribution in [0.4, 0.5) is 4.39 Å². The highest BCUT2D eigenvalue weighted by atomic mass is 19.1. The van der Waals surface area contributed by atoms with Crippen molar-refractivity contribution in [1.82, 2.24) is 9.80 Å². The number of amides is 1. The van der Waals surface area contributed by atoms with Gasteiger partial charge in [-0.2, -0.15) is 0 Å². The van der Waals surface area contributed by atoms with Crippen LogP contribution in [0, 0.1) is 11.7 Å². The van der Waals surface area contributed by atoms with Crippen molar-refractivity contribution in [2.75, 3.05) is 26.2 Å². The Kier molecular flexibility index (Phi) is 4.31. The number of hydrogen-bond donors (Lipinski definition) is 1. The summed E-state index contributed by atoms with van der Waals surface area (Å²) in [6.45, 7) is 3.24. The molecule has 0 aromatic heterocycles. The molecule has 0 unspecified atom stereocenters. The number of halogens is 1. The van der Waals surface area contributed by atoms with Gasteiger partial charge in [0.05, 0.1) is 6.10 Å². The SMILES string of the molecule is O=C([C@@H]1C[C@@H]1c1ccc(F)cc1)N1CCN([C@@H]2CCC[C@@H]2O)CC1. The van der Waals surface area contributed by atoms with Gasteiger partial charge in [-0.25, -0.2) is 4.39 Å². The van der Waals surface area contributed by atoms with Crippen LogP contribution in [-0.4, -0.2) is 59.1 Å². The molecule has 1 amide bonds. The molecule has 0 radical (unpaired) electrons. The summed E-state index contributed by atoms with van der Waals surface area (Å²) in [6, 6.07) is 6.83. The van der Waals surface area contributed by atoms with Gasteiger partial charge in [0.25, 0.3) is 0 Å². The predicted molar refractivity (Wildman–Crippen MR) is 89.0 cm³/mol. The summed E-state index contributed by atoms with van der Waals surface area (Å²) in [5.41, 5.74) is 1.07. The maximum atomic E-state index is 13.0. The second-order valence-corrected chi connectivity index (χ2v) is 7.43. The second-order valence-electron chi connectivity index (χ2n) is 7.43. The molecule has 4 rings (SSSR count). The smallest absolute Gasteiger partial charge is 0.226 e. The monoisotopic (exact) mass is 332 g/mol. The van der Waals surface area contributed by atoms with E-state index < -0.39 is 0 Å². The van der Waals surface area contributed by atoms with Crippen LogP contribution in [0.1, 0.15) is 37.2 Å². The Morgan fingerprint density at radius 1 is 1.08 bits per heavy atom. The van der Waals surface area contributed by atoms with Crippen molar-refractivity contribution in [2.24, 2.45) is 5.92 Å². The molecular formula is C19H25FN2O2. The van der Waals surface area contributed by atoms with Crippen LogP contribution >= 0.6 is 0 Å². The normalized spacial score (nSPS) is 33.7. The summed E-state index contributed by atoms with van der Waals surface area (Å²) in [5, 5.41) is 10.0. The van der Waals surface area contributed by atoms with Crippen LogP contribution < -0.4 is 0 Å². The lowest BCUT2D eigenvalue weighted by Crippen LogP contribution is -2.54. The number of rotatable bonds is 3. The molecule has 1 aromatic carbocycles. The van der Waals surface area contributed by atoms with E-state index in [1.54, 1.807) is 12.1 Å². The molecule has 24 heavy (non-hydrogen) atoms. The first-order valence-corrected chi connectivity index (χ1v) is 9.10. The van der Waals surface area contributed by atoms with Gasteiger partial charge in [0.2, 0.25) is 5.91 Å². The molecule has 1 heterocycles. The summed E-state index contributed by atoms with van der Waals surface area (Å²) in [4.78, 5) is 17.0. The van der Waals surface area contributed by atoms with Crippen LogP contribution in [0.15, 0.2) is 24.3 Å². The lowest BCUT2D eigenvalue weighted by atomic mass is 10.1. The van der Waals surface area contributed by atoms with E-state index in [1.165, 1.54) is 12.1 Å². The number of carbonyl (C=O) groups is 1. The molecule has 3 fully saturated rings. The summed E-state index contributed by atoms with van der Waals surface area (Å²) in [7, 11) is 0. The van der Waals surface area contributed by atoms with Gasteiger partial charge in [0, 0.05) is 38.1 Å². The number of benzene rings is 1. The number of hydrogen-bond acceptors (Lipinski definition) is 3. The quantitative estimate of drug-likeness (QED) is 0.921. The highest BCUT2D eigenvalue weighted by Crippen LogP contribution is 2.48. The van der Waals surface area contributed by atoms with E-state index >= 15 is 0 Å². The number of carbonyl (C=O) groups excluding carboxylic acids is 1. The maximum Gasteiger partial charge on any atom is 0.226 e. The summed E-state index contributed by atoms with van der Waals surface area (Å²) in [6.07, 6.45) is 3.77. The van der Waals surface area contributed by atoms with Gasteiger partial charge >= 0.3 is 0 Å². The molecule has 3 aliphatic rings. The molecule has 5 heteroatoms. The van der Waals surface area contributed by atoms with Crippen molar-refractivity contribution < 1.29 is 14.3 Å². The van der Waals surface area contributed by atoms with E-state index in [4.69, 9.17) is 0 Å². The van der Waals surface area contributed by atoms with Crippen LogP contribution in [0.2, 0.25) is 0 Å². The molecule has 130 valence electrons. The average Bonchev–Trinajstić information content (AvgIpc) is 3.29. The lowest BCUT2D eigenvalue weighted by Gasteiger charge is -2.39. The van der Waals surface area contributed by atoms with Gasteiger partial charge < -0.3 is 10.0 Å². The zero-order valence-corrected chi connectivity index (χ0v) is 13.9. The van der Waals surface area contributed by atoms with Gasteiger partial charge in [0.15, 0.2) is 0 Å². The molecule has 2 aliphatic carbocycles. The van der Waals surface area contributed by atoms with Crippen molar-refractivity contribution in [2.45, 2.75) is 43.7 Å². The molecule has 1 aromatic rings. The van der Waals surface area contributed by atoms with E-state index in [0.717, 1.165) is 57.4 Å². The topological polar surface area (TPSA) is 43.8 Å². The highest BCUT2D eigenvalue weighted by molar-refractivity contribution is 5.83. The van der Waals surface area contributed by atoms with Gasteiger partial charge in [-0.05, 0) is 49.3 Å².